The lowest BCUT2D eigenvalue weighted by Crippen LogP contribution is -2.29. The predicted octanol–water partition coefficient (Wildman–Crippen LogP) is 4.13. The minimum Gasteiger partial charge on any atom is -0.465 e. The quantitative estimate of drug-likeness (QED) is 0.663. The minimum absolute atomic E-state index is 0.141. The summed E-state index contributed by atoms with van der Waals surface area (Å²) in [6.07, 6.45) is 4.73. The largest absolute Gasteiger partial charge is 0.465 e. The lowest BCUT2D eigenvalue weighted by atomic mass is 10.1. The Morgan fingerprint density at radius 2 is 1.96 bits per heavy atom. The van der Waals surface area contributed by atoms with E-state index in [0.717, 1.165) is 22.7 Å². The highest BCUT2D eigenvalue weighted by molar-refractivity contribution is 6.03. The Balaban J connectivity index is 1.89. The van der Waals surface area contributed by atoms with Crippen molar-refractivity contribution in [3.63, 3.8) is 0 Å². The van der Waals surface area contributed by atoms with Crippen LogP contribution in [0.4, 0.5) is 5.69 Å². The van der Waals surface area contributed by atoms with Crippen LogP contribution in [0.25, 0.3) is 6.08 Å². The topological polar surface area (TPSA) is 59.5 Å². The van der Waals surface area contributed by atoms with E-state index >= 15 is 0 Å². The molecular weight excluding hydrogens is 304 g/mol. The van der Waals surface area contributed by atoms with Gasteiger partial charge in [0, 0.05) is 17.3 Å². The molecule has 0 N–H and O–H groups in total. The van der Waals surface area contributed by atoms with E-state index in [2.05, 4.69) is 5.16 Å². The van der Waals surface area contributed by atoms with Gasteiger partial charge in [0.2, 0.25) is 0 Å². The van der Waals surface area contributed by atoms with Crippen molar-refractivity contribution in [2.45, 2.75) is 20.4 Å². The van der Waals surface area contributed by atoms with Crippen LogP contribution in [0, 0.1) is 13.8 Å². The Hall–Kier alpha value is -3.08. The highest BCUT2D eigenvalue weighted by Gasteiger charge is 2.18. The number of carbonyl (C=O) groups is 1. The van der Waals surface area contributed by atoms with Crippen LogP contribution in [0.15, 0.2) is 63.7 Å². The first-order chi connectivity index (χ1) is 11.6. The summed E-state index contributed by atoms with van der Waals surface area (Å²) < 4.78 is 10.4. The third-order valence-electron chi connectivity index (χ3n) is 3.76. The first kappa shape index (κ1) is 15.8. The van der Waals surface area contributed by atoms with Crippen LogP contribution in [0.5, 0.6) is 0 Å². The molecular formula is C19H18N2O3. The molecule has 0 atom stereocenters. The number of carbonyl (C=O) groups excluding carboxylic acids is 1. The predicted molar refractivity (Wildman–Crippen MR) is 91.4 cm³/mol. The zero-order valence-corrected chi connectivity index (χ0v) is 13.6. The second-order valence-corrected chi connectivity index (χ2v) is 5.41. The van der Waals surface area contributed by atoms with Gasteiger partial charge in [0.1, 0.15) is 11.5 Å². The van der Waals surface area contributed by atoms with Gasteiger partial charge in [-0.1, -0.05) is 23.4 Å². The molecule has 0 aliphatic rings. The summed E-state index contributed by atoms with van der Waals surface area (Å²) in [7, 11) is 0. The molecule has 0 radical (unpaired) electrons. The van der Waals surface area contributed by atoms with Crippen molar-refractivity contribution in [1.29, 1.82) is 0 Å². The maximum Gasteiger partial charge on any atom is 0.251 e. The number of nitrogens with zero attached hydrogens (tertiary/aromatic N) is 2. The van der Waals surface area contributed by atoms with Gasteiger partial charge >= 0.3 is 0 Å². The third kappa shape index (κ3) is 3.46. The monoisotopic (exact) mass is 322 g/mol. The van der Waals surface area contributed by atoms with Crippen molar-refractivity contribution in [2.24, 2.45) is 0 Å². The number of anilines is 1. The zero-order chi connectivity index (χ0) is 16.9. The van der Waals surface area contributed by atoms with Crippen LogP contribution in [0.1, 0.15) is 22.8 Å². The normalized spacial score (nSPS) is 11.1. The molecule has 122 valence electrons. The van der Waals surface area contributed by atoms with Crippen LogP contribution in [0.2, 0.25) is 0 Å². The van der Waals surface area contributed by atoms with Crippen LogP contribution in [0.3, 0.4) is 0 Å². The van der Waals surface area contributed by atoms with Crippen LogP contribution < -0.4 is 4.90 Å². The second-order valence-electron chi connectivity index (χ2n) is 5.41. The number of amides is 1. The molecule has 1 amide bonds. The van der Waals surface area contributed by atoms with Crippen LogP contribution in [-0.2, 0) is 11.3 Å². The van der Waals surface area contributed by atoms with E-state index < -0.39 is 0 Å². The van der Waals surface area contributed by atoms with Gasteiger partial charge in [0.15, 0.2) is 0 Å². The SMILES string of the molecule is Cc1noc(C)c1CN(C(=O)C=Cc1ccco1)c1ccccc1. The Morgan fingerprint density at radius 3 is 2.58 bits per heavy atom. The number of para-hydroxylation sites is 1. The molecule has 0 unspecified atom stereocenters. The summed E-state index contributed by atoms with van der Waals surface area (Å²) in [5.74, 6) is 1.21. The van der Waals surface area contributed by atoms with E-state index in [9.17, 15) is 4.79 Å². The standard InChI is InChI=1S/C19H18N2O3/c1-14-18(15(2)24-20-14)13-21(16-7-4-3-5-8-16)19(22)11-10-17-9-6-12-23-17/h3-12H,13H2,1-2H3. The summed E-state index contributed by atoms with van der Waals surface area (Å²) in [4.78, 5) is 14.4. The molecule has 0 aliphatic carbocycles. The fourth-order valence-corrected chi connectivity index (χ4v) is 2.42. The molecule has 0 saturated carbocycles. The molecule has 3 rings (SSSR count). The summed E-state index contributed by atoms with van der Waals surface area (Å²) in [5, 5.41) is 3.96. The van der Waals surface area contributed by atoms with E-state index in [1.165, 1.54) is 6.08 Å². The number of hydrogen-bond acceptors (Lipinski definition) is 4. The average molecular weight is 322 g/mol. The Morgan fingerprint density at radius 1 is 1.17 bits per heavy atom. The number of aromatic nitrogens is 1. The maximum absolute atomic E-state index is 12.7. The zero-order valence-electron chi connectivity index (χ0n) is 13.6. The molecule has 1 aromatic carbocycles. The molecule has 0 bridgehead atoms. The Labute approximate surface area is 140 Å². The molecule has 5 nitrogen and oxygen atoms in total. The van der Waals surface area contributed by atoms with Gasteiger partial charge in [0.05, 0.1) is 18.5 Å². The van der Waals surface area contributed by atoms with E-state index in [-0.39, 0.29) is 5.91 Å². The van der Waals surface area contributed by atoms with Gasteiger partial charge in [-0.05, 0) is 44.2 Å². The lowest BCUT2D eigenvalue weighted by Gasteiger charge is -2.21. The van der Waals surface area contributed by atoms with Crippen molar-refractivity contribution in [3.8, 4) is 0 Å². The smallest absolute Gasteiger partial charge is 0.251 e. The van der Waals surface area contributed by atoms with Gasteiger partial charge < -0.3 is 13.8 Å². The molecule has 5 heteroatoms. The fourth-order valence-electron chi connectivity index (χ4n) is 2.42. The summed E-state index contributed by atoms with van der Waals surface area (Å²) >= 11 is 0. The Kier molecular flexibility index (Phi) is 4.61. The number of hydrogen-bond donors (Lipinski definition) is 0. The number of rotatable bonds is 5. The summed E-state index contributed by atoms with van der Waals surface area (Å²) in [5.41, 5.74) is 2.52. The van der Waals surface area contributed by atoms with E-state index in [0.29, 0.717) is 12.3 Å². The van der Waals surface area contributed by atoms with Gasteiger partial charge in [-0.3, -0.25) is 4.79 Å². The second kappa shape index (κ2) is 7.00. The highest BCUT2D eigenvalue weighted by Crippen LogP contribution is 2.21. The van der Waals surface area contributed by atoms with Crippen molar-refractivity contribution < 1.29 is 13.7 Å². The molecule has 0 aliphatic heterocycles. The van der Waals surface area contributed by atoms with Gasteiger partial charge in [-0.15, -0.1) is 0 Å². The Bertz CT molecular complexity index is 813. The van der Waals surface area contributed by atoms with Crippen molar-refractivity contribution in [3.05, 3.63) is 77.6 Å². The van der Waals surface area contributed by atoms with Crippen molar-refractivity contribution in [2.75, 3.05) is 4.90 Å². The van der Waals surface area contributed by atoms with E-state index in [1.807, 2.05) is 44.2 Å². The van der Waals surface area contributed by atoms with E-state index in [1.54, 1.807) is 29.4 Å². The van der Waals surface area contributed by atoms with Crippen molar-refractivity contribution >= 4 is 17.7 Å². The van der Waals surface area contributed by atoms with Gasteiger partial charge in [0.25, 0.3) is 5.91 Å². The maximum atomic E-state index is 12.7. The molecule has 2 aromatic heterocycles. The fraction of sp³-hybridized carbons (Fsp3) is 0.158. The van der Waals surface area contributed by atoms with Crippen molar-refractivity contribution in [1.82, 2.24) is 5.16 Å². The summed E-state index contributed by atoms with van der Waals surface area (Å²) in [6.45, 7) is 4.12. The number of furan rings is 1. The molecule has 24 heavy (non-hydrogen) atoms. The molecule has 3 aromatic rings. The lowest BCUT2D eigenvalue weighted by molar-refractivity contribution is -0.114. The first-order valence-corrected chi connectivity index (χ1v) is 7.65. The van der Waals surface area contributed by atoms with E-state index in [4.69, 9.17) is 8.94 Å². The number of aryl methyl sites for hydroxylation is 2. The summed E-state index contributed by atoms with van der Waals surface area (Å²) in [6, 6.07) is 13.1. The van der Waals surface area contributed by atoms with Crippen LogP contribution in [-0.4, -0.2) is 11.1 Å². The molecule has 0 fully saturated rings. The average Bonchev–Trinajstić information content (AvgIpc) is 3.22. The van der Waals surface area contributed by atoms with Gasteiger partial charge in [-0.25, -0.2) is 0 Å². The number of benzene rings is 1. The van der Waals surface area contributed by atoms with Gasteiger partial charge in [-0.2, -0.15) is 0 Å². The first-order valence-electron chi connectivity index (χ1n) is 7.65. The van der Waals surface area contributed by atoms with Crippen LogP contribution >= 0.6 is 0 Å². The molecule has 2 heterocycles. The minimum atomic E-state index is -0.141. The molecule has 0 saturated heterocycles. The third-order valence-corrected chi connectivity index (χ3v) is 3.76. The molecule has 0 spiro atoms. The highest BCUT2D eigenvalue weighted by atomic mass is 16.5.